The summed E-state index contributed by atoms with van der Waals surface area (Å²) in [6.45, 7) is 6.62. The van der Waals surface area contributed by atoms with Crippen LogP contribution < -0.4 is 5.73 Å². The molecule has 1 aliphatic heterocycles. The van der Waals surface area contributed by atoms with E-state index in [2.05, 4.69) is 0 Å². The number of morpholine rings is 1. The van der Waals surface area contributed by atoms with Gasteiger partial charge in [-0.1, -0.05) is 19.1 Å². The van der Waals surface area contributed by atoms with E-state index in [1.54, 1.807) is 6.92 Å². The maximum Gasteiger partial charge on any atom is 0.223 e. The Morgan fingerprint density at radius 1 is 1.59 bits per heavy atom. The van der Waals surface area contributed by atoms with Crippen LogP contribution in [0.25, 0.3) is 0 Å². The molecule has 1 saturated heterocycles. The molecule has 5 nitrogen and oxygen atoms in total. The summed E-state index contributed by atoms with van der Waals surface area (Å²) < 4.78 is 31.6. The molecule has 1 unspecified atom stereocenters. The predicted octanol–water partition coefficient (Wildman–Crippen LogP) is 0.492. The number of nitrogens with two attached hydrogens (primary N) is 1. The number of rotatable bonds is 4. The van der Waals surface area contributed by atoms with E-state index in [4.69, 9.17) is 22.7 Å². The Morgan fingerprint density at radius 2 is 2.18 bits per heavy atom. The van der Waals surface area contributed by atoms with Crippen LogP contribution in [0.2, 0.25) is 0 Å². The van der Waals surface area contributed by atoms with Gasteiger partial charge in [-0.15, -0.1) is 0 Å². The van der Waals surface area contributed by atoms with E-state index in [1.165, 1.54) is 4.31 Å². The van der Waals surface area contributed by atoms with Gasteiger partial charge in [-0.2, -0.15) is 4.31 Å². The fourth-order valence-corrected chi connectivity index (χ4v) is 4.35. The highest BCUT2D eigenvalue weighted by atomic mass is 32.2. The molecule has 1 heterocycles. The van der Waals surface area contributed by atoms with E-state index in [-0.39, 0.29) is 4.99 Å². The van der Waals surface area contributed by atoms with Crippen LogP contribution in [-0.4, -0.2) is 48.3 Å². The first-order valence-electron chi connectivity index (χ1n) is 5.63. The van der Waals surface area contributed by atoms with Crippen molar-refractivity contribution in [3.05, 3.63) is 0 Å². The highest BCUT2D eigenvalue weighted by molar-refractivity contribution is 7.92. The van der Waals surface area contributed by atoms with Crippen LogP contribution in [0.1, 0.15) is 27.2 Å². The zero-order chi connectivity index (χ0) is 13.3. The first kappa shape index (κ1) is 14.8. The molecular weight excluding hydrogens is 260 g/mol. The molecule has 1 aliphatic rings. The molecule has 17 heavy (non-hydrogen) atoms. The molecule has 0 spiro atoms. The van der Waals surface area contributed by atoms with Gasteiger partial charge in [-0.3, -0.25) is 0 Å². The maximum atomic E-state index is 12.3. The zero-order valence-corrected chi connectivity index (χ0v) is 12.1. The van der Waals surface area contributed by atoms with E-state index in [1.807, 2.05) is 13.8 Å². The molecule has 7 heteroatoms. The first-order valence-corrected chi connectivity index (χ1v) is 7.54. The molecule has 1 fully saturated rings. The Bertz CT molecular complexity index is 392. The smallest absolute Gasteiger partial charge is 0.223 e. The van der Waals surface area contributed by atoms with Crippen LogP contribution in [-0.2, 0) is 14.8 Å². The summed E-state index contributed by atoms with van der Waals surface area (Å²) in [6, 6.07) is 0. The number of hydrogen-bond donors (Lipinski definition) is 1. The zero-order valence-electron chi connectivity index (χ0n) is 10.5. The maximum absolute atomic E-state index is 12.3. The molecule has 0 bridgehead atoms. The molecular formula is C10H20N2O3S2. The minimum Gasteiger partial charge on any atom is -0.392 e. The number of ether oxygens (including phenoxy) is 1. The highest BCUT2D eigenvalue weighted by Gasteiger charge is 2.38. The molecule has 0 aliphatic carbocycles. The van der Waals surface area contributed by atoms with Crippen molar-refractivity contribution in [3.8, 4) is 0 Å². The lowest BCUT2D eigenvalue weighted by molar-refractivity contribution is -0.0641. The summed E-state index contributed by atoms with van der Waals surface area (Å²) in [7, 11) is -3.46. The number of hydrogen-bond acceptors (Lipinski definition) is 4. The summed E-state index contributed by atoms with van der Waals surface area (Å²) in [6.07, 6.45) is 0.398. The molecule has 0 saturated carbocycles. The van der Waals surface area contributed by atoms with Crippen molar-refractivity contribution in [2.24, 2.45) is 5.73 Å². The van der Waals surface area contributed by atoms with Crippen LogP contribution in [0, 0.1) is 0 Å². The second-order valence-electron chi connectivity index (χ2n) is 4.79. The van der Waals surface area contributed by atoms with Gasteiger partial charge in [0, 0.05) is 13.1 Å². The number of nitrogens with zero attached hydrogens (tertiary/aromatic N) is 1. The van der Waals surface area contributed by atoms with Crippen LogP contribution >= 0.6 is 12.2 Å². The van der Waals surface area contributed by atoms with E-state index < -0.39 is 20.9 Å². The first-order chi connectivity index (χ1) is 7.70. The molecule has 2 N–H and O–H groups in total. The minimum atomic E-state index is -3.46. The third kappa shape index (κ3) is 3.37. The van der Waals surface area contributed by atoms with Crippen molar-refractivity contribution in [3.63, 3.8) is 0 Å². The molecule has 1 rings (SSSR count). The van der Waals surface area contributed by atoms with Crippen molar-refractivity contribution < 1.29 is 13.2 Å². The van der Waals surface area contributed by atoms with Crippen LogP contribution in [0.5, 0.6) is 0 Å². The van der Waals surface area contributed by atoms with Gasteiger partial charge in [-0.05, 0) is 20.3 Å². The lowest BCUT2D eigenvalue weighted by Crippen LogP contribution is -2.54. The van der Waals surface area contributed by atoms with Gasteiger partial charge >= 0.3 is 0 Å². The van der Waals surface area contributed by atoms with Crippen molar-refractivity contribution in [2.75, 3.05) is 19.7 Å². The third-order valence-electron chi connectivity index (χ3n) is 2.80. The molecule has 0 aromatic heterocycles. The topological polar surface area (TPSA) is 72.6 Å². The third-order valence-corrected chi connectivity index (χ3v) is 5.57. The van der Waals surface area contributed by atoms with E-state index >= 15 is 0 Å². The van der Waals surface area contributed by atoms with Crippen molar-refractivity contribution >= 4 is 27.2 Å². The van der Waals surface area contributed by atoms with E-state index in [9.17, 15) is 8.42 Å². The number of thiocarbonyl (C=S) groups is 1. The average Bonchev–Trinajstić information content (AvgIpc) is 2.15. The lowest BCUT2D eigenvalue weighted by atomic mass is 10.1. The summed E-state index contributed by atoms with van der Waals surface area (Å²) in [5.41, 5.74) is 5.04. The minimum absolute atomic E-state index is 0.0387. The van der Waals surface area contributed by atoms with Gasteiger partial charge in [0.05, 0.1) is 17.2 Å². The fourth-order valence-electron chi connectivity index (χ4n) is 1.93. The summed E-state index contributed by atoms with van der Waals surface area (Å²) >= 11 is 4.83. The Balaban J connectivity index is 2.94. The highest BCUT2D eigenvalue weighted by Crippen LogP contribution is 2.22. The molecule has 1 atom stereocenters. The molecule has 0 radical (unpaired) electrons. The van der Waals surface area contributed by atoms with Gasteiger partial charge in [0.15, 0.2) is 0 Å². The predicted molar refractivity (Wildman–Crippen MR) is 71.4 cm³/mol. The van der Waals surface area contributed by atoms with Crippen LogP contribution in [0.3, 0.4) is 0 Å². The van der Waals surface area contributed by atoms with Gasteiger partial charge in [0.25, 0.3) is 0 Å². The van der Waals surface area contributed by atoms with Crippen molar-refractivity contribution in [1.82, 2.24) is 4.31 Å². The molecule has 0 aromatic rings. The number of sulfonamides is 1. The summed E-state index contributed by atoms with van der Waals surface area (Å²) in [4.78, 5) is 0.0387. The quantitative estimate of drug-likeness (QED) is 0.759. The summed E-state index contributed by atoms with van der Waals surface area (Å²) in [5.74, 6) is 0. The van der Waals surface area contributed by atoms with Crippen molar-refractivity contribution in [1.29, 1.82) is 0 Å². The molecule has 100 valence electrons. The van der Waals surface area contributed by atoms with E-state index in [0.29, 0.717) is 26.1 Å². The molecule has 0 amide bonds. The van der Waals surface area contributed by atoms with Crippen LogP contribution in [0.4, 0.5) is 0 Å². The second-order valence-corrected chi connectivity index (χ2v) is 7.37. The fraction of sp³-hybridized carbons (Fsp3) is 0.900. The van der Waals surface area contributed by atoms with Gasteiger partial charge in [-0.25, -0.2) is 8.42 Å². The van der Waals surface area contributed by atoms with Gasteiger partial charge in [0.2, 0.25) is 10.0 Å². The molecule has 0 aromatic carbocycles. The Hall–Kier alpha value is -0.240. The Morgan fingerprint density at radius 3 is 2.59 bits per heavy atom. The van der Waals surface area contributed by atoms with Crippen molar-refractivity contribution in [2.45, 2.75) is 38.0 Å². The van der Waals surface area contributed by atoms with E-state index in [0.717, 1.165) is 0 Å². The van der Waals surface area contributed by atoms with Gasteiger partial charge < -0.3 is 10.5 Å². The van der Waals surface area contributed by atoms with Gasteiger partial charge in [0.1, 0.15) is 5.25 Å². The standard InChI is InChI=1S/C10H20N2O3S2/c1-4-8(9(11)16)17(13,14)12-5-6-15-10(2,3)7-12/h8H,4-7H2,1-3H3,(H2,11,16). The summed E-state index contributed by atoms with van der Waals surface area (Å²) in [5, 5.41) is -0.772. The Kier molecular flexibility index (Phi) is 4.51. The normalized spacial score (nSPS) is 23.2. The second kappa shape index (κ2) is 5.17. The monoisotopic (exact) mass is 280 g/mol. The Labute approximate surface area is 108 Å². The average molecular weight is 280 g/mol. The van der Waals surface area contributed by atoms with Crippen LogP contribution in [0.15, 0.2) is 0 Å². The SMILES string of the molecule is CCC(C(N)=S)S(=O)(=O)N1CCOC(C)(C)C1. The largest absolute Gasteiger partial charge is 0.392 e. The lowest BCUT2D eigenvalue weighted by Gasteiger charge is -2.38.